The van der Waals surface area contributed by atoms with Gasteiger partial charge in [0, 0.05) is 17.7 Å². The van der Waals surface area contributed by atoms with Crippen molar-refractivity contribution in [2.24, 2.45) is 0 Å². The van der Waals surface area contributed by atoms with Crippen LogP contribution in [0.15, 0.2) is 58.4 Å². The monoisotopic (exact) mass is 453 g/mol. The molecule has 0 saturated heterocycles. The summed E-state index contributed by atoms with van der Waals surface area (Å²) in [6.07, 6.45) is 2.85. The van der Waals surface area contributed by atoms with E-state index in [9.17, 15) is 32.3 Å². The lowest BCUT2D eigenvalue weighted by molar-refractivity contribution is -0.132. The molecule has 1 aromatic carbocycles. The molecule has 3 aliphatic rings. The number of hydrazine groups is 1. The molecule has 11 heteroatoms. The predicted octanol–water partition coefficient (Wildman–Crippen LogP) is 3.27. The summed E-state index contributed by atoms with van der Waals surface area (Å²) in [5.74, 6) is -6.92. The SMILES string of the molecule is Cc1ccc(C2CSC(NC(=O)C3C=C4C(F)=CC(F)=CN4N3)=C2C(=O)O)c(F)c1F. The third-order valence-corrected chi connectivity index (χ3v) is 6.15. The Bertz CT molecular complexity index is 1130. The molecule has 4 rings (SSSR count). The lowest BCUT2D eigenvalue weighted by Crippen LogP contribution is -2.44. The first-order valence-corrected chi connectivity index (χ1v) is 10.0. The van der Waals surface area contributed by atoms with Gasteiger partial charge < -0.3 is 10.4 Å². The van der Waals surface area contributed by atoms with Crippen LogP contribution in [0.25, 0.3) is 0 Å². The molecule has 0 fully saturated rings. The van der Waals surface area contributed by atoms with Gasteiger partial charge in [-0.25, -0.2) is 27.8 Å². The fraction of sp³-hybridized carbons (Fsp3) is 0.200. The number of halogens is 4. The molecular weight excluding hydrogens is 438 g/mol. The Hall–Kier alpha value is -3.05. The van der Waals surface area contributed by atoms with Crippen molar-refractivity contribution in [3.8, 4) is 0 Å². The van der Waals surface area contributed by atoms with Gasteiger partial charge in [0.1, 0.15) is 11.9 Å². The fourth-order valence-corrected chi connectivity index (χ4v) is 4.72. The van der Waals surface area contributed by atoms with E-state index >= 15 is 0 Å². The van der Waals surface area contributed by atoms with Crippen LogP contribution in [0.5, 0.6) is 0 Å². The standard InChI is InChI=1S/C20H15F4N3O3S/c1-8-2-3-10(17(24)16(8)23)11-7-31-19(15(11)20(29)30)25-18(28)13-5-14-12(22)4-9(21)6-27(14)26-13/h2-6,11,13,26H,7H2,1H3,(H,25,28)(H,29,30). The second-order valence-corrected chi connectivity index (χ2v) is 8.07. The number of aliphatic carboxylic acids is 1. The maximum absolute atomic E-state index is 14.4. The van der Waals surface area contributed by atoms with Gasteiger partial charge in [-0.3, -0.25) is 9.80 Å². The first-order valence-electron chi connectivity index (χ1n) is 9.05. The maximum atomic E-state index is 14.4. The van der Waals surface area contributed by atoms with E-state index in [1.54, 1.807) is 0 Å². The molecule has 0 bridgehead atoms. The van der Waals surface area contributed by atoms with Gasteiger partial charge in [0.2, 0.25) is 5.91 Å². The highest BCUT2D eigenvalue weighted by Crippen LogP contribution is 2.42. The average Bonchev–Trinajstić information content (AvgIpc) is 3.31. The van der Waals surface area contributed by atoms with Crippen molar-refractivity contribution in [1.82, 2.24) is 15.8 Å². The van der Waals surface area contributed by atoms with Crippen LogP contribution < -0.4 is 10.7 Å². The summed E-state index contributed by atoms with van der Waals surface area (Å²) in [5.41, 5.74) is 2.22. The molecule has 31 heavy (non-hydrogen) atoms. The molecule has 0 radical (unpaired) electrons. The predicted molar refractivity (Wildman–Crippen MR) is 104 cm³/mol. The van der Waals surface area contributed by atoms with Gasteiger partial charge in [0.05, 0.1) is 22.5 Å². The van der Waals surface area contributed by atoms with Gasteiger partial charge in [-0.05, 0) is 24.1 Å². The molecule has 3 aliphatic heterocycles. The number of fused-ring (bicyclic) bond motifs is 1. The number of carbonyl (C=O) groups excluding carboxylic acids is 1. The highest BCUT2D eigenvalue weighted by atomic mass is 32.2. The van der Waals surface area contributed by atoms with E-state index < -0.39 is 47.1 Å². The molecule has 0 spiro atoms. The molecule has 1 amide bonds. The number of nitrogens with zero attached hydrogens (tertiary/aromatic N) is 1. The number of carboxylic acids is 1. The molecule has 0 aromatic heterocycles. The van der Waals surface area contributed by atoms with Crippen molar-refractivity contribution in [2.75, 3.05) is 5.75 Å². The maximum Gasteiger partial charge on any atom is 0.334 e. The number of hydrogen-bond acceptors (Lipinski definition) is 5. The van der Waals surface area contributed by atoms with Crippen molar-refractivity contribution in [3.63, 3.8) is 0 Å². The number of rotatable bonds is 4. The minimum absolute atomic E-state index is 0.0225. The normalized spacial score (nSPS) is 22.7. The zero-order chi connectivity index (χ0) is 22.4. The lowest BCUT2D eigenvalue weighted by Gasteiger charge is -2.21. The van der Waals surface area contributed by atoms with Crippen LogP contribution >= 0.6 is 11.8 Å². The largest absolute Gasteiger partial charge is 0.478 e. The van der Waals surface area contributed by atoms with E-state index in [4.69, 9.17) is 0 Å². The molecule has 6 nitrogen and oxygen atoms in total. The van der Waals surface area contributed by atoms with Gasteiger partial charge in [0.15, 0.2) is 17.5 Å². The summed E-state index contributed by atoms with van der Waals surface area (Å²) in [7, 11) is 0. The summed E-state index contributed by atoms with van der Waals surface area (Å²) in [6.45, 7) is 1.39. The Labute approximate surface area is 177 Å². The van der Waals surface area contributed by atoms with Gasteiger partial charge in [-0.1, -0.05) is 12.1 Å². The van der Waals surface area contributed by atoms with E-state index in [0.717, 1.165) is 23.0 Å². The second kappa shape index (κ2) is 7.89. The summed E-state index contributed by atoms with van der Waals surface area (Å²) in [6, 6.07) is 1.57. The average molecular weight is 453 g/mol. The quantitative estimate of drug-likeness (QED) is 0.608. The Morgan fingerprint density at radius 1 is 1.23 bits per heavy atom. The summed E-state index contributed by atoms with van der Waals surface area (Å²) < 4.78 is 55.7. The molecule has 0 aliphatic carbocycles. The van der Waals surface area contributed by atoms with Crippen LogP contribution in [0.3, 0.4) is 0 Å². The van der Waals surface area contributed by atoms with E-state index in [1.807, 2.05) is 0 Å². The summed E-state index contributed by atoms with van der Waals surface area (Å²) >= 11 is 0.972. The van der Waals surface area contributed by atoms with Crippen LogP contribution in [0.4, 0.5) is 17.6 Å². The van der Waals surface area contributed by atoms with Crippen molar-refractivity contribution in [2.45, 2.75) is 18.9 Å². The highest BCUT2D eigenvalue weighted by Gasteiger charge is 2.38. The van der Waals surface area contributed by atoms with E-state index in [2.05, 4.69) is 10.7 Å². The number of carbonyl (C=O) groups is 2. The van der Waals surface area contributed by atoms with Gasteiger partial charge in [-0.15, -0.1) is 11.8 Å². The van der Waals surface area contributed by atoms with Crippen LogP contribution in [0.2, 0.25) is 0 Å². The third kappa shape index (κ3) is 3.74. The van der Waals surface area contributed by atoms with Gasteiger partial charge in [-0.2, -0.15) is 0 Å². The number of hydrogen-bond donors (Lipinski definition) is 3. The fourth-order valence-electron chi connectivity index (χ4n) is 3.49. The van der Waals surface area contributed by atoms with Crippen molar-refractivity contribution < 1.29 is 32.3 Å². The molecule has 1 aromatic rings. The van der Waals surface area contributed by atoms with E-state index in [-0.39, 0.29) is 33.2 Å². The summed E-state index contributed by atoms with van der Waals surface area (Å²) in [5, 5.41) is 13.1. The number of carboxylic acid groups (broad SMARTS) is 1. The first kappa shape index (κ1) is 21.2. The third-order valence-electron chi connectivity index (χ3n) is 5.04. The van der Waals surface area contributed by atoms with Crippen LogP contribution in [0.1, 0.15) is 17.0 Å². The topological polar surface area (TPSA) is 81.7 Å². The number of amides is 1. The zero-order valence-electron chi connectivity index (χ0n) is 15.9. The van der Waals surface area contributed by atoms with E-state index in [0.29, 0.717) is 6.08 Å². The number of allylic oxidation sites excluding steroid dienone is 3. The number of thioether (sulfide) groups is 1. The Balaban J connectivity index is 1.59. The minimum Gasteiger partial charge on any atom is -0.478 e. The lowest BCUT2D eigenvalue weighted by atomic mass is 9.92. The molecule has 2 atom stereocenters. The molecule has 3 N–H and O–H groups in total. The molecule has 3 heterocycles. The Kier molecular flexibility index (Phi) is 5.40. The van der Waals surface area contributed by atoms with Gasteiger partial charge >= 0.3 is 5.97 Å². The van der Waals surface area contributed by atoms with Crippen LogP contribution in [0, 0.1) is 18.6 Å². The zero-order valence-corrected chi connectivity index (χ0v) is 16.7. The highest BCUT2D eigenvalue weighted by molar-refractivity contribution is 8.03. The molecule has 162 valence electrons. The molecular formula is C20H15F4N3O3S. The first-order chi connectivity index (χ1) is 14.7. The summed E-state index contributed by atoms with van der Waals surface area (Å²) in [4.78, 5) is 24.5. The number of aryl methyl sites for hydroxylation is 1. The Morgan fingerprint density at radius 3 is 2.68 bits per heavy atom. The Morgan fingerprint density at radius 2 is 1.97 bits per heavy atom. The van der Waals surface area contributed by atoms with Crippen molar-refractivity contribution in [3.05, 3.63) is 81.2 Å². The smallest absolute Gasteiger partial charge is 0.334 e. The van der Waals surface area contributed by atoms with E-state index in [1.165, 1.54) is 25.1 Å². The second-order valence-electron chi connectivity index (χ2n) is 7.04. The molecule has 0 saturated carbocycles. The van der Waals surface area contributed by atoms with Gasteiger partial charge in [0.25, 0.3) is 0 Å². The minimum atomic E-state index is -1.39. The van der Waals surface area contributed by atoms with Crippen molar-refractivity contribution >= 4 is 23.6 Å². The van der Waals surface area contributed by atoms with Crippen molar-refractivity contribution in [1.29, 1.82) is 0 Å². The van der Waals surface area contributed by atoms with Crippen LogP contribution in [-0.4, -0.2) is 33.8 Å². The number of benzene rings is 1. The molecule has 2 unspecified atom stereocenters. The van der Waals surface area contributed by atoms with Crippen LogP contribution in [-0.2, 0) is 9.59 Å². The number of nitrogens with one attached hydrogen (secondary N) is 2.